The normalized spacial score (nSPS) is 22.8. The second-order valence-corrected chi connectivity index (χ2v) is 5.76. The summed E-state index contributed by atoms with van der Waals surface area (Å²) in [6, 6.07) is 8.94. The van der Waals surface area contributed by atoms with Gasteiger partial charge in [0.05, 0.1) is 6.54 Å². The molecule has 20 heavy (non-hydrogen) atoms. The van der Waals surface area contributed by atoms with E-state index in [1.165, 1.54) is 19.3 Å². The van der Waals surface area contributed by atoms with E-state index in [1.54, 1.807) is 4.90 Å². The van der Waals surface area contributed by atoms with Gasteiger partial charge >= 0.3 is 0 Å². The highest BCUT2D eigenvalue weighted by Gasteiger charge is 2.33. The van der Waals surface area contributed by atoms with Crippen molar-refractivity contribution >= 4 is 11.8 Å². The van der Waals surface area contributed by atoms with E-state index in [4.69, 9.17) is 0 Å². The molecule has 0 bridgehead atoms. The molecule has 4 heteroatoms. The number of carbonyl (C=O) groups excluding carboxylic acids is 2. The van der Waals surface area contributed by atoms with Crippen LogP contribution in [0, 0.1) is 5.92 Å². The fourth-order valence-corrected chi connectivity index (χ4v) is 2.74. The van der Waals surface area contributed by atoms with Gasteiger partial charge in [-0.3, -0.25) is 9.59 Å². The highest BCUT2D eigenvalue weighted by atomic mass is 16.2. The van der Waals surface area contributed by atoms with Crippen molar-refractivity contribution in [1.29, 1.82) is 0 Å². The van der Waals surface area contributed by atoms with Gasteiger partial charge in [0.25, 0.3) is 0 Å². The topological polar surface area (TPSA) is 49.4 Å². The maximum atomic E-state index is 12.5. The lowest BCUT2D eigenvalue weighted by molar-refractivity contribution is -0.144. The molecule has 1 N–H and O–H groups in total. The van der Waals surface area contributed by atoms with Crippen molar-refractivity contribution < 1.29 is 9.59 Å². The molecule has 0 spiro atoms. The molecule has 1 aliphatic carbocycles. The van der Waals surface area contributed by atoms with Crippen LogP contribution in [0.2, 0.25) is 0 Å². The molecule has 1 aromatic rings. The van der Waals surface area contributed by atoms with Crippen LogP contribution in [0.15, 0.2) is 30.3 Å². The first-order chi connectivity index (χ1) is 9.74. The van der Waals surface area contributed by atoms with Gasteiger partial charge in [0.15, 0.2) is 0 Å². The van der Waals surface area contributed by atoms with Gasteiger partial charge in [-0.2, -0.15) is 0 Å². The smallest absolute Gasteiger partial charge is 0.250 e. The van der Waals surface area contributed by atoms with Crippen molar-refractivity contribution in [3.8, 4) is 0 Å². The van der Waals surface area contributed by atoms with Crippen LogP contribution in [0.4, 0.5) is 0 Å². The van der Waals surface area contributed by atoms with Gasteiger partial charge in [-0.05, 0) is 24.3 Å². The van der Waals surface area contributed by atoms with E-state index in [2.05, 4.69) is 5.32 Å². The predicted molar refractivity (Wildman–Crippen MR) is 75.9 cm³/mol. The van der Waals surface area contributed by atoms with Crippen LogP contribution >= 0.6 is 0 Å². The number of amides is 2. The summed E-state index contributed by atoms with van der Waals surface area (Å²) in [4.78, 5) is 26.0. The second-order valence-electron chi connectivity index (χ2n) is 5.76. The molecule has 1 aliphatic heterocycles. The Kier molecular flexibility index (Phi) is 3.72. The Morgan fingerprint density at radius 2 is 1.90 bits per heavy atom. The summed E-state index contributed by atoms with van der Waals surface area (Å²) in [7, 11) is 0. The maximum absolute atomic E-state index is 12.5. The summed E-state index contributed by atoms with van der Waals surface area (Å²) in [5, 5.41) is 2.79. The van der Waals surface area contributed by atoms with E-state index in [9.17, 15) is 9.59 Å². The van der Waals surface area contributed by atoms with Gasteiger partial charge in [-0.25, -0.2) is 0 Å². The van der Waals surface area contributed by atoms with Crippen LogP contribution in [0.25, 0.3) is 0 Å². The zero-order chi connectivity index (χ0) is 13.9. The lowest BCUT2D eigenvalue weighted by atomic mass is 10.0. The predicted octanol–water partition coefficient (Wildman–Crippen LogP) is 1.88. The molecule has 106 valence electrons. The van der Waals surface area contributed by atoms with Gasteiger partial charge in [0.2, 0.25) is 11.8 Å². The molecule has 0 aromatic heterocycles. The molecule has 1 unspecified atom stereocenters. The maximum Gasteiger partial charge on any atom is 0.250 e. The number of hydrogen-bond acceptors (Lipinski definition) is 2. The summed E-state index contributed by atoms with van der Waals surface area (Å²) in [5.41, 5.74) is 0.859. The average molecular weight is 272 g/mol. The first-order valence-electron chi connectivity index (χ1n) is 7.37. The molecule has 1 aromatic carbocycles. The molecular formula is C16H20N2O2. The third-order valence-electron chi connectivity index (χ3n) is 4.07. The zero-order valence-corrected chi connectivity index (χ0v) is 11.5. The lowest BCUT2D eigenvalue weighted by Gasteiger charge is -2.32. The summed E-state index contributed by atoms with van der Waals surface area (Å²) in [5.74, 6) is 0.824. The molecule has 1 atom stereocenters. The van der Waals surface area contributed by atoms with Crippen molar-refractivity contribution in [2.24, 2.45) is 5.92 Å². The zero-order valence-electron chi connectivity index (χ0n) is 11.5. The van der Waals surface area contributed by atoms with Gasteiger partial charge in [-0.15, -0.1) is 0 Å². The second kappa shape index (κ2) is 5.65. The molecule has 3 rings (SSSR count). The Labute approximate surface area is 119 Å². The first kappa shape index (κ1) is 13.2. The molecule has 2 fully saturated rings. The Balaban J connectivity index is 1.65. The number of nitrogens with zero attached hydrogens (tertiary/aromatic N) is 1. The number of benzene rings is 1. The highest BCUT2D eigenvalue weighted by molar-refractivity contribution is 5.95. The number of hydrogen-bond donors (Lipinski definition) is 1. The fraction of sp³-hybridized carbons (Fsp3) is 0.500. The SMILES string of the molecule is O=C1CN(CCCC2CC2)C(=O)C(c2ccccc2)N1. The van der Waals surface area contributed by atoms with Crippen molar-refractivity contribution in [3.05, 3.63) is 35.9 Å². The summed E-state index contributed by atoms with van der Waals surface area (Å²) in [6.45, 7) is 0.902. The minimum absolute atomic E-state index is 0.0200. The van der Waals surface area contributed by atoms with E-state index < -0.39 is 6.04 Å². The number of piperazine rings is 1. The third-order valence-corrected chi connectivity index (χ3v) is 4.07. The van der Waals surface area contributed by atoms with Crippen molar-refractivity contribution in [3.63, 3.8) is 0 Å². The molecule has 4 nitrogen and oxygen atoms in total. The van der Waals surface area contributed by atoms with E-state index in [-0.39, 0.29) is 18.4 Å². The van der Waals surface area contributed by atoms with Crippen LogP contribution in [-0.4, -0.2) is 29.8 Å². The lowest BCUT2D eigenvalue weighted by Crippen LogP contribution is -2.53. The molecule has 1 saturated carbocycles. The highest BCUT2D eigenvalue weighted by Crippen LogP contribution is 2.33. The molecule has 1 heterocycles. The van der Waals surface area contributed by atoms with Gasteiger partial charge in [-0.1, -0.05) is 43.2 Å². The quantitative estimate of drug-likeness (QED) is 0.889. The van der Waals surface area contributed by atoms with Crippen LogP contribution in [0.3, 0.4) is 0 Å². The minimum atomic E-state index is -0.515. The van der Waals surface area contributed by atoms with Gasteiger partial charge in [0.1, 0.15) is 6.04 Å². The molecule has 2 aliphatic rings. The molecule has 1 saturated heterocycles. The standard InChI is InChI=1S/C16H20N2O2/c19-14-11-18(10-4-5-12-8-9-12)16(20)15(17-14)13-6-2-1-3-7-13/h1-3,6-7,12,15H,4-5,8-11H2,(H,17,19). The van der Waals surface area contributed by atoms with Crippen molar-refractivity contribution in [1.82, 2.24) is 10.2 Å². The molecule has 2 amide bonds. The Morgan fingerprint density at radius 3 is 2.60 bits per heavy atom. The third kappa shape index (κ3) is 3.00. The number of nitrogens with one attached hydrogen (secondary N) is 1. The summed E-state index contributed by atoms with van der Waals surface area (Å²) in [6.07, 6.45) is 4.86. The summed E-state index contributed by atoms with van der Waals surface area (Å²) < 4.78 is 0. The van der Waals surface area contributed by atoms with Crippen LogP contribution in [0.1, 0.15) is 37.3 Å². The van der Waals surface area contributed by atoms with Crippen LogP contribution < -0.4 is 5.32 Å². The monoisotopic (exact) mass is 272 g/mol. The van der Waals surface area contributed by atoms with Gasteiger partial charge < -0.3 is 10.2 Å². The molecule has 0 radical (unpaired) electrons. The number of carbonyl (C=O) groups is 2. The Morgan fingerprint density at radius 1 is 1.15 bits per heavy atom. The number of rotatable bonds is 5. The average Bonchev–Trinajstić information content (AvgIpc) is 3.27. The Bertz CT molecular complexity index is 496. The van der Waals surface area contributed by atoms with E-state index in [0.29, 0.717) is 6.54 Å². The fourth-order valence-electron chi connectivity index (χ4n) is 2.74. The van der Waals surface area contributed by atoms with Crippen LogP contribution in [-0.2, 0) is 9.59 Å². The van der Waals surface area contributed by atoms with E-state index >= 15 is 0 Å². The molecular weight excluding hydrogens is 252 g/mol. The Hall–Kier alpha value is -1.84. The minimum Gasteiger partial charge on any atom is -0.339 e. The van der Waals surface area contributed by atoms with Crippen molar-refractivity contribution in [2.75, 3.05) is 13.1 Å². The van der Waals surface area contributed by atoms with Gasteiger partial charge in [0, 0.05) is 6.54 Å². The van der Waals surface area contributed by atoms with Crippen LogP contribution in [0.5, 0.6) is 0 Å². The van der Waals surface area contributed by atoms with E-state index in [1.807, 2.05) is 30.3 Å². The summed E-state index contributed by atoms with van der Waals surface area (Å²) >= 11 is 0. The first-order valence-corrected chi connectivity index (χ1v) is 7.37. The largest absolute Gasteiger partial charge is 0.339 e. The van der Waals surface area contributed by atoms with E-state index in [0.717, 1.165) is 17.9 Å². The van der Waals surface area contributed by atoms with Crippen molar-refractivity contribution in [2.45, 2.75) is 31.7 Å².